The normalized spacial score (nSPS) is 9.71. The minimum atomic E-state index is -0.537. The molecule has 2 aromatic rings. The van der Waals surface area contributed by atoms with Crippen molar-refractivity contribution in [1.29, 1.82) is 0 Å². The van der Waals surface area contributed by atoms with Crippen LogP contribution in [-0.4, -0.2) is 17.6 Å². The molecule has 0 saturated carbocycles. The van der Waals surface area contributed by atoms with E-state index in [1.54, 1.807) is 0 Å². The number of amides is 1. The summed E-state index contributed by atoms with van der Waals surface area (Å²) < 4.78 is 18.0. The van der Waals surface area contributed by atoms with Crippen molar-refractivity contribution in [3.8, 4) is 23.8 Å². The lowest BCUT2D eigenvalue weighted by atomic mass is 10.1. The van der Waals surface area contributed by atoms with Gasteiger partial charge in [-0.25, -0.2) is 4.39 Å². The molecule has 0 saturated heterocycles. The lowest BCUT2D eigenvalue weighted by Gasteiger charge is -2.09. The Morgan fingerprint density at radius 3 is 2.67 bits per heavy atom. The van der Waals surface area contributed by atoms with Gasteiger partial charge in [-0.3, -0.25) is 4.79 Å². The summed E-state index contributed by atoms with van der Waals surface area (Å²) in [6, 6.07) is 9.51. The highest BCUT2D eigenvalue weighted by Gasteiger charge is 2.13. The molecule has 0 radical (unpaired) electrons. The highest BCUT2D eigenvalue weighted by Crippen LogP contribution is 2.24. The number of halogens is 1. The topological polar surface area (TPSA) is 58.6 Å². The predicted octanol–water partition coefficient (Wildman–Crippen LogP) is 2.80. The third-order valence-electron chi connectivity index (χ3n) is 2.64. The van der Waals surface area contributed by atoms with Crippen molar-refractivity contribution in [1.82, 2.24) is 0 Å². The van der Waals surface area contributed by atoms with E-state index in [1.165, 1.54) is 42.5 Å². The summed E-state index contributed by atoms with van der Waals surface area (Å²) >= 11 is 0. The first-order chi connectivity index (χ1) is 10.1. The maximum absolute atomic E-state index is 12.8. The number of hydrogen-bond donors (Lipinski definition) is 2. The van der Waals surface area contributed by atoms with Crippen molar-refractivity contribution >= 4 is 11.6 Å². The lowest BCUT2D eigenvalue weighted by molar-refractivity contribution is 0.102. The number of ether oxygens (including phenoxy) is 1. The fourth-order valence-corrected chi connectivity index (χ4v) is 1.64. The first-order valence-corrected chi connectivity index (χ1v) is 6.06. The number of anilines is 1. The van der Waals surface area contributed by atoms with Gasteiger partial charge in [-0.05, 0) is 42.5 Å². The minimum absolute atomic E-state index is 0.0360. The molecule has 0 heterocycles. The van der Waals surface area contributed by atoms with E-state index in [0.717, 1.165) is 0 Å². The highest BCUT2D eigenvalue weighted by atomic mass is 19.1. The number of phenols is 1. The van der Waals surface area contributed by atoms with Gasteiger partial charge in [-0.2, -0.15) is 0 Å². The number of terminal acetylenes is 1. The van der Waals surface area contributed by atoms with E-state index in [2.05, 4.69) is 11.2 Å². The third-order valence-corrected chi connectivity index (χ3v) is 2.64. The molecule has 2 aromatic carbocycles. The van der Waals surface area contributed by atoms with Crippen LogP contribution in [0.4, 0.5) is 10.1 Å². The van der Waals surface area contributed by atoms with Crippen LogP contribution < -0.4 is 10.1 Å². The van der Waals surface area contributed by atoms with E-state index in [1.807, 2.05) is 0 Å². The zero-order chi connectivity index (χ0) is 15.2. The number of aromatic hydroxyl groups is 1. The third kappa shape index (κ3) is 3.74. The van der Waals surface area contributed by atoms with Gasteiger partial charge in [0, 0.05) is 5.69 Å². The van der Waals surface area contributed by atoms with Crippen LogP contribution in [0.3, 0.4) is 0 Å². The summed E-state index contributed by atoms with van der Waals surface area (Å²) in [5, 5.41) is 12.3. The molecule has 0 spiro atoms. The second-order valence-electron chi connectivity index (χ2n) is 4.13. The van der Waals surface area contributed by atoms with Crippen molar-refractivity contribution < 1.29 is 19.0 Å². The maximum Gasteiger partial charge on any atom is 0.259 e. The summed E-state index contributed by atoms with van der Waals surface area (Å²) in [6.07, 6.45) is 5.08. The van der Waals surface area contributed by atoms with Crippen LogP contribution in [0.2, 0.25) is 0 Å². The molecular formula is C16H12FNO3. The molecule has 5 heteroatoms. The lowest BCUT2D eigenvalue weighted by Crippen LogP contribution is -2.12. The monoisotopic (exact) mass is 285 g/mol. The molecule has 0 aromatic heterocycles. The van der Waals surface area contributed by atoms with Crippen molar-refractivity contribution in [2.45, 2.75) is 0 Å². The van der Waals surface area contributed by atoms with Gasteiger partial charge in [-0.1, -0.05) is 5.92 Å². The second kappa shape index (κ2) is 6.44. The van der Waals surface area contributed by atoms with Crippen LogP contribution in [0.5, 0.6) is 11.5 Å². The zero-order valence-corrected chi connectivity index (χ0v) is 11.0. The molecule has 21 heavy (non-hydrogen) atoms. The Bertz CT molecular complexity index is 690. The van der Waals surface area contributed by atoms with Gasteiger partial charge in [0.25, 0.3) is 5.91 Å². The van der Waals surface area contributed by atoms with Gasteiger partial charge in [0.05, 0.1) is 5.56 Å². The number of benzene rings is 2. The number of phenolic OH excluding ortho intramolecular Hbond substituents is 1. The molecule has 0 atom stereocenters. The average molecular weight is 285 g/mol. The van der Waals surface area contributed by atoms with Gasteiger partial charge in [0.1, 0.15) is 23.9 Å². The maximum atomic E-state index is 12.8. The quantitative estimate of drug-likeness (QED) is 0.849. The molecule has 0 aliphatic rings. The van der Waals surface area contributed by atoms with E-state index in [9.17, 15) is 14.3 Å². The Kier molecular flexibility index (Phi) is 4.42. The van der Waals surface area contributed by atoms with Gasteiger partial charge in [0.2, 0.25) is 0 Å². The molecule has 0 unspecified atom stereocenters. The average Bonchev–Trinajstić information content (AvgIpc) is 2.48. The number of hydrogen-bond acceptors (Lipinski definition) is 3. The van der Waals surface area contributed by atoms with E-state index in [0.29, 0.717) is 11.4 Å². The summed E-state index contributed by atoms with van der Waals surface area (Å²) in [4.78, 5) is 12.1. The first kappa shape index (κ1) is 14.4. The molecule has 4 nitrogen and oxygen atoms in total. The Balaban J connectivity index is 2.18. The predicted molar refractivity (Wildman–Crippen MR) is 76.8 cm³/mol. The number of nitrogens with one attached hydrogen (secondary N) is 1. The largest absolute Gasteiger partial charge is 0.507 e. The molecule has 0 bridgehead atoms. The molecule has 2 N–H and O–H groups in total. The standard InChI is InChI=1S/C16H12FNO3/c1-2-9-21-13-7-8-15(19)14(10-13)16(20)18-12-5-3-11(17)4-6-12/h1,3-8,10,19H,9H2,(H,18,20). The fourth-order valence-electron chi connectivity index (χ4n) is 1.64. The van der Waals surface area contributed by atoms with Crippen molar-refractivity contribution in [2.75, 3.05) is 11.9 Å². The SMILES string of the molecule is C#CCOc1ccc(O)c(C(=O)Nc2ccc(F)cc2)c1. The van der Waals surface area contributed by atoms with Gasteiger partial charge in [0.15, 0.2) is 0 Å². The molecule has 0 aliphatic heterocycles. The number of carbonyl (C=O) groups excluding carboxylic acids is 1. The Hall–Kier alpha value is -3.00. The van der Waals surface area contributed by atoms with Gasteiger partial charge < -0.3 is 15.2 Å². The molecule has 0 fully saturated rings. The van der Waals surface area contributed by atoms with Gasteiger partial charge >= 0.3 is 0 Å². The summed E-state index contributed by atoms with van der Waals surface area (Å²) in [5.74, 6) is 1.54. The van der Waals surface area contributed by atoms with Crippen LogP contribution in [-0.2, 0) is 0 Å². The number of carbonyl (C=O) groups is 1. The van der Waals surface area contributed by atoms with E-state index >= 15 is 0 Å². The molecule has 1 amide bonds. The summed E-state index contributed by atoms with van der Waals surface area (Å²) in [6.45, 7) is 0.0593. The summed E-state index contributed by atoms with van der Waals surface area (Å²) in [5.41, 5.74) is 0.449. The second-order valence-corrected chi connectivity index (χ2v) is 4.13. The number of rotatable bonds is 4. The van der Waals surface area contributed by atoms with Crippen LogP contribution >= 0.6 is 0 Å². The van der Waals surface area contributed by atoms with Crippen LogP contribution in [0.1, 0.15) is 10.4 Å². The van der Waals surface area contributed by atoms with Gasteiger partial charge in [-0.15, -0.1) is 6.42 Å². The van der Waals surface area contributed by atoms with E-state index in [4.69, 9.17) is 11.2 Å². The summed E-state index contributed by atoms with van der Waals surface area (Å²) in [7, 11) is 0. The minimum Gasteiger partial charge on any atom is -0.507 e. The molecule has 106 valence electrons. The van der Waals surface area contributed by atoms with E-state index in [-0.39, 0.29) is 17.9 Å². The van der Waals surface area contributed by atoms with Crippen LogP contribution in [0, 0.1) is 18.2 Å². The Labute approximate surface area is 121 Å². The molecular weight excluding hydrogens is 273 g/mol. The van der Waals surface area contributed by atoms with E-state index < -0.39 is 11.7 Å². The fraction of sp³-hybridized carbons (Fsp3) is 0.0625. The Morgan fingerprint density at radius 1 is 1.29 bits per heavy atom. The smallest absolute Gasteiger partial charge is 0.259 e. The molecule has 0 aliphatic carbocycles. The van der Waals surface area contributed by atoms with Crippen LogP contribution in [0.25, 0.3) is 0 Å². The van der Waals surface area contributed by atoms with Crippen LogP contribution in [0.15, 0.2) is 42.5 Å². The Morgan fingerprint density at radius 2 is 2.00 bits per heavy atom. The van der Waals surface area contributed by atoms with Crippen molar-refractivity contribution in [2.24, 2.45) is 0 Å². The highest BCUT2D eigenvalue weighted by molar-refractivity contribution is 6.06. The first-order valence-electron chi connectivity index (χ1n) is 6.06. The molecule has 2 rings (SSSR count). The zero-order valence-electron chi connectivity index (χ0n) is 11.0. The van der Waals surface area contributed by atoms with Crippen molar-refractivity contribution in [3.05, 3.63) is 53.8 Å². The van der Waals surface area contributed by atoms with Crippen molar-refractivity contribution in [3.63, 3.8) is 0 Å².